The molecule has 0 saturated heterocycles. The summed E-state index contributed by atoms with van der Waals surface area (Å²) in [5, 5.41) is 0. The SMILES string of the molecule is Cc1cnc2cc(C3CCCCC3)c(=O)n(Cc3ncccc3C(F)(F)F)c2n1.FC(F)(F)c1cccnc1. The molecular formula is C27H25F6N5O. The van der Waals surface area contributed by atoms with Gasteiger partial charge in [-0.15, -0.1) is 0 Å². The molecule has 0 N–H and O–H groups in total. The number of hydrogen-bond acceptors (Lipinski definition) is 5. The molecule has 0 aliphatic heterocycles. The van der Waals surface area contributed by atoms with E-state index in [0.29, 0.717) is 16.8 Å². The summed E-state index contributed by atoms with van der Waals surface area (Å²) in [6.45, 7) is 1.43. The van der Waals surface area contributed by atoms with Crippen LogP contribution >= 0.6 is 0 Å². The van der Waals surface area contributed by atoms with Crippen molar-refractivity contribution in [2.45, 2.75) is 63.8 Å². The smallest absolute Gasteiger partial charge is 0.285 e. The highest BCUT2D eigenvalue weighted by Crippen LogP contribution is 2.33. The first-order valence-corrected chi connectivity index (χ1v) is 12.3. The molecule has 6 nitrogen and oxygen atoms in total. The van der Waals surface area contributed by atoms with Crippen molar-refractivity contribution in [2.75, 3.05) is 0 Å². The van der Waals surface area contributed by atoms with Crippen LogP contribution in [0.1, 0.15) is 66.1 Å². The third-order valence-corrected chi connectivity index (χ3v) is 6.48. The number of aromatic nitrogens is 5. The number of nitrogens with zero attached hydrogens (tertiary/aromatic N) is 5. The molecule has 1 aliphatic carbocycles. The number of fused-ring (bicyclic) bond motifs is 1. The van der Waals surface area contributed by atoms with Gasteiger partial charge in [-0.3, -0.25) is 24.3 Å². The fourth-order valence-electron chi connectivity index (χ4n) is 4.59. The van der Waals surface area contributed by atoms with Crippen LogP contribution in [0.3, 0.4) is 0 Å². The molecule has 0 radical (unpaired) electrons. The van der Waals surface area contributed by atoms with E-state index in [9.17, 15) is 31.1 Å². The highest BCUT2D eigenvalue weighted by Gasteiger charge is 2.34. The van der Waals surface area contributed by atoms with Crippen LogP contribution in [-0.2, 0) is 18.9 Å². The first-order chi connectivity index (χ1) is 18.4. The molecule has 0 amide bonds. The normalized spacial score (nSPS) is 14.6. The van der Waals surface area contributed by atoms with Gasteiger partial charge in [0.05, 0.1) is 29.1 Å². The van der Waals surface area contributed by atoms with Gasteiger partial charge < -0.3 is 0 Å². The zero-order valence-corrected chi connectivity index (χ0v) is 20.9. The van der Waals surface area contributed by atoms with Crippen LogP contribution in [0, 0.1) is 6.92 Å². The summed E-state index contributed by atoms with van der Waals surface area (Å²) in [5.41, 5.74) is -0.0594. The predicted molar refractivity (Wildman–Crippen MR) is 132 cm³/mol. The Hall–Kier alpha value is -3.83. The van der Waals surface area contributed by atoms with Crippen LogP contribution in [0.25, 0.3) is 11.2 Å². The van der Waals surface area contributed by atoms with E-state index in [1.165, 1.54) is 29.1 Å². The van der Waals surface area contributed by atoms with Crippen molar-refractivity contribution in [1.82, 2.24) is 24.5 Å². The summed E-state index contributed by atoms with van der Waals surface area (Å²) < 4.78 is 76.9. The highest BCUT2D eigenvalue weighted by atomic mass is 19.4. The molecule has 4 heterocycles. The van der Waals surface area contributed by atoms with E-state index >= 15 is 0 Å². The van der Waals surface area contributed by atoms with Gasteiger partial charge in [-0.05, 0) is 56.0 Å². The average molecular weight is 550 g/mol. The molecule has 39 heavy (non-hydrogen) atoms. The summed E-state index contributed by atoms with van der Waals surface area (Å²) >= 11 is 0. The molecule has 5 rings (SSSR count). The molecule has 0 unspecified atom stereocenters. The Kier molecular flexibility index (Phi) is 8.31. The maximum atomic E-state index is 13.4. The van der Waals surface area contributed by atoms with Crippen molar-refractivity contribution >= 4 is 11.2 Å². The Labute approximate surface area is 219 Å². The number of pyridine rings is 3. The summed E-state index contributed by atoms with van der Waals surface area (Å²) in [5.74, 6) is 0.0980. The number of alkyl halides is 6. The average Bonchev–Trinajstić information content (AvgIpc) is 2.91. The highest BCUT2D eigenvalue weighted by molar-refractivity contribution is 5.71. The van der Waals surface area contributed by atoms with Crippen molar-refractivity contribution in [2.24, 2.45) is 0 Å². The van der Waals surface area contributed by atoms with E-state index < -0.39 is 23.5 Å². The molecule has 4 aromatic rings. The van der Waals surface area contributed by atoms with Crippen LogP contribution in [0.15, 0.2) is 59.9 Å². The summed E-state index contributed by atoms with van der Waals surface area (Å²) in [6, 6.07) is 6.22. The van der Waals surface area contributed by atoms with Gasteiger partial charge in [-0.25, -0.2) is 4.98 Å². The Bertz CT molecular complexity index is 1480. The molecule has 0 bridgehead atoms. The molecule has 0 atom stereocenters. The van der Waals surface area contributed by atoms with Crippen LogP contribution in [0.5, 0.6) is 0 Å². The fourth-order valence-corrected chi connectivity index (χ4v) is 4.59. The largest absolute Gasteiger partial charge is 0.418 e. The minimum Gasteiger partial charge on any atom is -0.285 e. The van der Waals surface area contributed by atoms with Crippen molar-refractivity contribution in [3.63, 3.8) is 0 Å². The van der Waals surface area contributed by atoms with Crippen molar-refractivity contribution < 1.29 is 26.3 Å². The summed E-state index contributed by atoms with van der Waals surface area (Å²) in [4.78, 5) is 29.4. The van der Waals surface area contributed by atoms with Crippen LogP contribution in [-0.4, -0.2) is 24.5 Å². The molecular weight excluding hydrogens is 524 g/mol. The Balaban J connectivity index is 0.000000298. The molecule has 1 fully saturated rings. The van der Waals surface area contributed by atoms with Gasteiger partial charge in [-0.2, -0.15) is 26.3 Å². The second-order valence-electron chi connectivity index (χ2n) is 9.28. The second kappa shape index (κ2) is 11.5. The monoisotopic (exact) mass is 549 g/mol. The lowest BCUT2D eigenvalue weighted by Crippen LogP contribution is -2.29. The van der Waals surface area contributed by atoms with Crippen LogP contribution in [0.2, 0.25) is 0 Å². The first kappa shape index (κ1) is 28.2. The lowest BCUT2D eigenvalue weighted by molar-refractivity contribution is -0.139. The number of hydrogen-bond donors (Lipinski definition) is 0. The topological polar surface area (TPSA) is 73.6 Å². The van der Waals surface area contributed by atoms with Gasteiger partial charge in [0.15, 0.2) is 5.65 Å². The fraction of sp³-hybridized carbons (Fsp3) is 0.370. The van der Waals surface area contributed by atoms with E-state index in [1.807, 2.05) is 0 Å². The molecule has 12 heteroatoms. The molecule has 0 aromatic carbocycles. The third kappa shape index (κ3) is 6.79. The van der Waals surface area contributed by atoms with Gasteiger partial charge in [0, 0.05) is 30.4 Å². The van der Waals surface area contributed by atoms with E-state index in [2.05, 4.69) is 19.9 Å². The van der Waals surface area contributed by atoms with E-state index in [0.717, 1.165) is 50.4 Å². The molecule has 1 aliphatic rings. The van der Waals surface area contributed by atoms with Crippen LogP contribution in [0.4, 0.5) is 26.3 Å². The maximum Gasteiger partial charge on any atom is 0.418 e. The molecule has 0 spiro atoms. The van der Waals surface area contributed by atoms with Crippen molar-refractivity contribution in [3.8, 4) is 0 Å². The van der Waals surface area contributed by atoms with E-state index in [4.69, 9.17) is 0 Å². The predicted octanol–water partition coefficient (Wildman–Crippen LogP) is 6.71. The van der Waals surface area contributed by atoms with Gasteiger partial charge in [0.2, 0.25) is 0 Å². The Morgan fingerprint density at radius 1 is 0.923 bits per heavy atom. The van der Waals surface area contributed by atoms with Gasteiger partial charge in [-0.1, -0.05) is 19.3 Å². The van der Waals surface area contributed by atoms with E-state index in [1.54, 1.807) is 19.2 Å². The van der Waals surface area contributed by atoms with Crippen molar-refractivity contribution in [3.05, 3.63) is 93.6 Å². The first-order valence-electron chi connectivity index (χ1n) is 12.3. The van der Waals surface area contributed by atoms with Crippen LogP contribution < -0.4 is 5.56 Å². The molecule has 1 saturated carbocycles. The number of rotatable bonds is 3. The zero-order valence-electron chi connectivity index (χ0n) is 20.9. The Morgan fingerprint density at radius 3 is 2.26 bits per heavy atom. The quantitative estimate of drug-likeness (QED) is 0.266. The number of halogens is 6. The van der Waals surface area contributed by atoms with Gasteiger partial charge >= 0.3 is 12.4 Å². The lowest BCUT2D eigenvalue weighted by Gasteiger charge is -2.23. The van der Waals surface area contributed by atoms with E-state index in [-0.39, 0.29) is 29.4 Å². The van der Waals surface area contributed by atoms with Gasteiger partial charge in [0.1, 0.15) is 5.52 Å². The standard InChI is InChI=1S/C21H21F3N4O.C6H4F3N/c1-13-11-26-17-10-15(14-6-3-2-4-7-14)20(29)28(19(17)27-13)12-18-16(21(22,23)24)8-5-9-25-18;7-6(8,9)5-2-1-3-10-4-5/h5,8-11,14H,2-4,6-7,12H2,1H3;1-4H. The third-order valence-electron chi connectivity index (χ3n) is 6.48. The maximum absolute atomic E-state index is 13.4. The minimum atomic E-state index is -4.55. The van der Waals surface area contributed by atoms with Gasteiger partial charge in [0.25, 0.3) is 5.56 Å². The zero-order chi connectivity index (χ0) is 28.2. The molecule has 206 valence electrons. The minimum absolute atomic E-state index is 0.0980. The van der Waals surface area contributed by atoms with Crippen molar-refractivity contribution in [1.29, 1.82) is 0 Å². The second-order valence-corrected chi connectivity index (χ2v) is 9.28. The Morgan fingerprint density at radius 2 is 1.64 bits per heavy atom. The molecule has 4 aromatic heterocycles. The summed E-state index contributed by atoms with van der Waals surface area (Å²) in [7, 11) is 0. The number of aryl methyl sites for hydroxylation is 1. The lowest BCUT2D eigenvalue weighted by atomic mass is 9.84. The summed E-state index contributed by atoms with van der Waals surface area (Å²) in [6.07, 6.45) is 1.20.